The summed E-state index contributed by atoms with van der Waals surface area (Å²) in [5.41, 5.74) is 2.57. The van der Waals surface area contributed by atoms with Crippen LogP contribution in [0.3, 0.4) is 0 Å². The largest absolute Gasteiger partial charge is 0.455 e. The van der Waals surface area contributed by atoms with E-state index in [-0.39, 0.29) is 5.28 Å². The maximum Gasteiger partial charge on any atom is 0.303 e. The van der Waals surface area contributed by atoms with Crippen LogP contribution in [0.15, 0.2) is 41.2 Å². The first-order valence-corrected chi connectivity index (χ1v) is 12.6. The van der Waals surface area contributed by atoms with E-state index in [9.17, 15) is 9.90 Å². The van der Waals surface area contributed by atoms with Gasteiger partial charge in [-0.05, 0) is 58.3 Å². The maximum absolute atomic E-state index is 11.9. The van der Waals surface area contributed by atoms with Crippen molar-refractivity contribution >= 4 is 57.1 Å². The standard InChI is InChI=1S/C23H22ClIN6O5/c1-3-14-8-15(36-30-14)18-17(33)19(34-11(2)32)22(35-18)31-10-27-16-20(28-23(24)29-21(16)31)26-9-12-5-4-6-13(25)7-12/h4-8,10,17-19,22,33H,3,9H2,1-2H3,(H,26,28,29)/t17-,18-,19-,22-/m1/s1. The lowest BCUT2D eigenvalue weighted by atomic mass is 10.1. The summed E-state index contributed by atoms with van der Waals surface area (Å²) < 4.78 is 19.7. The van der Waals surface area contributed by atoms with E-state index in [1.54, 1.807) is 10.6 Å². The minimum atomic E-state index is -1.22. The molecule has 0 unspecified atom stereocenters. The highest BCUT2D eigenvalue weighted by atomic mass is 127. The molecule has 0 aliphatic carbocycles. The van der Waals surface area contributed by atoms with Crippen LogP contribution in [-0.2, 0) is 27.2 Å². The fourth-order valence-electron chi connectivity index (χ4n) is 4.09. The molecule has 36 heavy (non-hydrogen) atoms. The summed E-state index contributed by atoms with van der Waals surface area (Å²) in [4.78, 5) is 25.0. The Morgan fingerprint density at radius 3 is 2.89 bits per heavy atom. The highest BCUT2D eigenvalue weighted by Gasteiger charge is 2.49. The van der Waals surface area contributed by atoms with Gasteiger partial charge in [0.25, 0.3) is 0 Å². The average Bonchev–Trinajstić information content (AvgIpc) is 3.55. The number of benzene rings is 1. The molecule has 0 radical (unpaired) electrons. The van der Waals surface area contributed by atoms with Crippen molar-refractivity contribution in [2.45, 2.75) is 51.4 Å². The molecule has 2 N–H and O–H groups in total. The fraction of sp³-hybridized carbons (Fsp3) is 0.348. The average molecular weight is 625 g/mol. The second-order valence-electron chi connectivity index (χ2n) is 8.23. The first kappa shape index (κ1) is 24.9. The highest BCUT2D eigenvalue weighted by molar-refractivity contribution is 14.1. The van der Waals surface area contributed by atoms with E-state index >= 15 is 0 Å². The van der Waals surface area contributed by atoms with E-state index in [0.29, 0.717) is 41.4 Å². The number of halogens is 2. The number of carbonyl (C=O) groups excluding carboxylic acids is 1. The number of anilines is 1. The predicted octanol–water partition coefficient (Wildman–Crippen LogP) is 3.81. The molecule has 1 aromatic carbocycles. The van der Waals surface area contributed by atoms with Crippen molar-refractivity contribution in [3.05, 3.63) is 62.5 Å². The van der Waals surface area contributed by atoms with Gasteiger partial charge in [-0.25, -0.2) is 4.98 Å². The van der Waals surface area contributed by atoms with Crippen molar-refractivity contribution in [3.8, 4) is 0 Å². The third-order valence-corrected chi connectivity index (χ3v) is 6.59. The van der Waals surface area contributed by atoms with Crippen LogP contribution in [0.1, 0.15) is 43.2 Å². The van der Waals surface area contributed by atoms with Gasteiger partial charge in [0.15, 0.2) is 41.2 Å². The van der Waals surface area contributed by atoms with Crippen LogP contribution in [-0.4, -0.2) is 48.0 Å². The van der Waals surface area contributed by atoms with Crippen molar-refractivity contribution in [1.82, 2.24) is 24.7 Å². The van der Waals surface area contributed by atoms with Gasteiger partial charge in [0.05, 0.1) is 12.0 Å². The first-order chi connectivity index (χ1) is 17.3. The Balaban J connectivity index is 1.49. The van der Waals surface area contributed by atoms with Gasteiger partial charge in [0, 0.05) is 23.1 Å². The minimum Gasteiger partial charge on any atom is -0.455 e. The number of esters is 1. The highest BCUT2D eigenvalue weighted by Crippen LogP contribution is 2.42. The lowest BCUT2D eigenvalue weighted by Gasteiger charge is -2.21. The SMILES string of the molecule is CCc1cc([C@H]2O[C@@H](n3cnc4c(NCc5cccc(I)c5)nc(Cl)nc43)[C@H](OC(C)=O)[C@@H]2O)on1. The summed E-state index contributed by atoms with van der Waals surface area (Å²) in [6, 6.07) is 9.74. The normalized spacial score (nSPS) is 21.7. The molecule has 11 nitrogen and oxygen atoms in total. The van der Waals surface area contributed by atoms with Gasteiger partial charge in [-0.3, -0.25) is 9.36 Å². The van der Waals surface area contributed by atoms with Crippen LogP contribution in [0.2, 0.25) is 5.28 Å². The molecule has 1 aliphatic heterocycles. The lowest BCUT2D eigenvalue weighted by molar-refractivity contribution is -0.155. The summed E-state index contributed by atoms with van der Waals surface area (Å²) in [6.45, 7) is 3.69. The number of nitrogens with one attached hydrogen (secondary N) is 1. The van der Waals surface area contributed by atoms with Gasteiger partial charge >= 0.3 is 5.97 Å². The van der Waals surface area contributed by atoms with Crippen LogP contribution in [0.25, 0.3) is 11.2 Å². The number of imidazole rings is 1. The van der Waals surface area contributed by atoms with Crippen LogP contribution in [0.5, 0.6) is 0 Å². The van der Waals surface area contributed by atoms with Crippen LogP contribution in [0.4, 0.5) is 5.82 Å². The molecule has 1 saturated heterocycles. The molecule has 13 heteroatoms. The number of fused-ring (bicyclic) bond motifs is 1. The number of carbonyl (C=O) groups is 1. The molecule has 0 bridgehead atoms. The van der Waals surface area contributed by atoms with E-state index in [2.05, 4.69) is 54.1 Å². The van der Waals surface area contributed by atoms with Crippen molar-refractivity contribution in [2.75, 3.05) is 5.32 Å². The Morgan fingerprint density at radius 1 is 1.33 bits per heavy atom. The fourth-order valence-corrected chi connectivity index (χ4v) is 4.86. The summed E-state index contributed by atoms with van der Waals surface area (Å²) in [5.74, 6) is 0.192. The molecular weight excluding hydrogens is 603 g/mol. The van der Waals surface area contributed by atoms with Gasteiger partial charge in [0.1, 0.15) is 6.10 Å². The van der Waals surface area contributed by atoms with Gasteiger partial charge in [-0.1, -0.05) is 24.2 Å². The third kappa shape index (κ3) is 4.90. The maximum atomic E-state index is 11.9. The zero-order valence-corrected chi connectivity index (χ0v) is 22.2. The number of aliphatic hydroxyl groups excluding tert-OH is 1. The molecule has 0 saturated carbocycles. The quantitative estimate of drug-likeness (QED) is 0.177. The van der Waals surface area contributed by atoms with Crippen LogP contribution < -0.4 is 5.32 Å². The number of hydrogen-bond donors (Lipinski definition) is 2. The number of rotatable bonds is 7. The van der Waals surface area contributed by atoms with Gasteiger partial charge in [0.2, 0.25) is 5.28 Å². The molecule has 188 valence electrons. The molecule has 3 aromatic heterocycles. The van der Waals surface area contributed by atoms with E-state index in [0.717, 1.165) is 9.13 Å². The van der Waals surface area contributed by atoms with Crippen molar-refractivity contribution in [3.63, 3.8) is 0 Å². The lowest BCUT2D eigenvalue weighted by Crippen LogP contribution is -2.33. The summed E-state index contributed by atoms with van der Waals surface area (Å²) in [5, 5.41) is 18.2. The molecule has 5 rings (SSSR count). The van der Waals surface area contributed by atoms with Crippen LogP contribution in [0, 0.1) is 3.57 Å². The third-order valence-electron chi connectivity index (χ3n) is 5.75. The van der Waals surface area contributed by atoms with Gasteiger partial charge in [-0.2, -0.15) is 9.97 Å². The smallest absolute Gasteiger partial charge is 0.303 e. The molecule has 0 amide bonds. The first-order valence-electron chi connectivity index (χ1n) is 11.2. The number of hydrogen-bond acceptors (Lipinski definition) is 10. The zero-order chi connectivity index (χ0) is 25.4. The Bertz CT molecular complexity index is 1410. The van der Waals surface area contributed by atoms with Crippen molar-refractivity contribution in [1.29, 1.82) is 0 Å². The molecule has 1 aliphatic rings. The summed E-state index contributed by atoms with van der Waals surface area (Å²) in [6.07, 6.45) is -2.01. The molecule has 4 atom stereocenters. The second kappa shape index (κ2) is 10.3. The van der Waals surface area contributed by atoms with Crippen molar-refractivity contribution in [2.24, 2.45) is 0 Å². The monoisotopic (exact) mass is 624 g/mol. The van der Waals surface area contributed by atoms with Gasteiger partial charge in [-0.15, -0.1) is 0 Å². The second-order valence-corrected chi connectivity index (χ2v) is 9.82. The molecular formula is C23H22ClIN6O5. The minimum absolute atomic E-state index is 0.00338. The predicted molar refractivity (Wildman–Crippen MR) is 137 cm³/mol. The van der Waals surface area contributed by atoms with E-state index in [1.165, 1.54) is 13.3 Å². The summed E-state index contributed by atoms with van der Waals surface area (Å²) >= 11 is 8.51. The van der Waals surface area contributed by atoms with Gasteiger partial charge < -0.3 is 24.4 Å². The molecule has 0 spiro atoms. The number of aliphatic hydroxyl groups is 1. The van der Waals surface area contributed by atoms with E-state index < -0.39 is 30.5 Å². The number of ether oxygens (including phenoxy) is 2. The number of aromatic nitrogens is 5. The Morgan fingerprint density at radius 2 is 2.17 bits per heavy atom. The Kier molecular flexibility index (Phi) is 7.10. The van der Waals surface area contributed by atoms with E-state index in [1.807, 2.05) is 25.1 Å². The molecule has 4 heterocycles. The zero-order valence-electron chi connectivity index (χ0n) is 19.3. The van der Waals surface area contributed by atoms with Crippen molar-refractivity contribution < 1.29 is 23.9 Å². The summed E-state index contributed by atoms with van der Waals surface area (Å²) in [7, 11) is 0. The molecule has 1 fully saturated rings. The van der Waals surface area contributed by atoms with E-state index in [4.69, 9.17) is 25.6 Å². The topological polar surface area (TPSA) is 137 Å². The Labute approximate surface area is 224 Å². The van der Waals surface area contributed by atoms with Crippen LogP contribution >= 0.6 is 34.2 Å². The Hall–Kier alpha value is -2.81. The number of nitrogens with zero attached hydrogens (tertiary/aromatic N) is 5. The molecule has 4 aromatic rings. The number of aryl methyl sites for hydroxylation is 1.